The molecule has 1 aromatic rings. The topological polar surface area (TPSA) is 79.2 Å². The van der Waals surface area contributed by atoms with Crippen LogP contribution in [-0.4, -0.2) is 39.5 Å². The number of aryl methyl sites for hydroxylation is 1. The molecule has 0 radical (unpaired) electrons. The monoisotopic (exact) mass is 260 g/mol. The van der Waals surface area contributed by atoms with Crippen LogP contribution in [-0.2, 0) is 11.3 Å². The van der Waals surface area contributed by atoms with Crippen LogP contribution in [0, 0.1) is 0 Å². The van der Waals surface area contributed by atoms with Gasteiger partial charge in [0, 0.05) is 19.2 Å². The number of β-amino-alcohol motifs (C(OH)–C–C–N with tert-alkyl or cyclic N) is 1. The van der Waals surface area contributed by atoms with E-state index in [1.165, 1.54) is 0 Å². The van der Waals surface area contributed by atoms with Crippen molar-refractivity contribution >= 4 is 24.1 Å². The van der Waals surface area contributed by atoms with Crippen LogP contribution in [0.1, 0.15) is 13.3 Å². The Bertz CT molecular complexity index is 382. The third-order valence-corrected chi connectivity index (χ3v) is 2.69. The fraction of sp³-hybridized carbons (Fsp3) is 0.600. The SMILES string of the molecule is CCn1nccc1NC(=O)C1CC(O)CN1.Cl. The van der Waals surface area contributed by atoms with Crippen molar-refractivity contribution < 1.29 is 9.90 Å². The number of nitrogens with zero attached hydrogens (tertiary/aromatic N) is 2. The van der Waals surface area contributed by atoms with E-state index < -0.39 is 6.10 Å². The summed E-state index contributed by atoms with van der Waals surface area (Å²) in [5, 5.41) is 19.1. The number of carbonyl (C=O) groups excluding carboxylic acids is 1. The molecule has 0 saturated carbocycles. The Labute approximate surface area is 106 Å². The van der Waals surface area contributed by atoms with Crippen LogP contribution in [0.3, 0.4) is 0 Å². The molecule has 1 fully saturated rings. The number of hydrogen-bond acceptors (Lipinski definition) is 4. The van der Waals surface area contributed by atoms with Gasteiger partial charge < -0.3 is 15.7 Å². The maximum absolute atomic E-state index is 11.8. The molecule has 0 aliphatic carbocycles. The van der Waals surface area contributed by atoms with Crippen molar-refractivity contribution in [2.75, 3.05) is 11.9 Å². The highest BCUT2D eigenvalue weighted by Gasteiger charge is 2.28. The van der Waals surface area contributed by atoms with Crippen molar-refractivity contribution in [1.29, 1.82) is 0 Å². The summed E-state index contributed by atoms with van der Waals surface area (Å²) in [5.41, 5.74) is 0. The van der Waals surface area contributed by atoms with Gasteiger partial charge in [-0.05, 0) is 13.3 Å². The first-order valence-electron chi connectivity index (χ1n) is 5.45. The van der Waals surface area contributed by atoms with Crippen LogP contribution in [0.15, 0.2) is 12.3 Å². The lowest BCUT2D eigenvalue weighted by atomic mass is 10.2. The summed E-state index contributed by atoms with van der Waals surface area (Å²) in [4.78, 5) is 11.8. The third-order valence-electron chi connectivity index (χ3n) is 2.69. The highest BCUT2D eigenvalue weighted by Crippen LogP contribution is 2.11. The van der Waals surface area contributed by atoms with Gasteiger partial charge >= 0.3 is 0 Å². The average molecular weight is 261 g/mol. The maximum Gasteiger partial charge on any atom is 0.242 e. The molecule has 1 amide bonds. The summed E-state index contributed by atoms with van der Waals surface area (Å²) >= 11 is 0. The van der Waals surface area contributed by atoms with E-state index in [9.17, 15) is 9.90 Å². The lowest BCUT2D eigenvalue weighted by Gasteiger charge is -2.11. The standard InChI is InChI=1S/C10H16N4O2.ClH/c1-2-14-9(3-4-12-14)13-10(16)8-5-7(15)6-11-8;/h3-4,7-8,11,15H,2,5-6H2,1H3,(H,13,16);1H. The first kappa shape index (κ1) is 14.0. The predicted octanol–water partition coefficient (Wildman–Crippen LogP) is -0.0139. The first-order valence-corrected chi connectivity index (χ1v) is 5.45. The molecular weight excluding hydrogens is 244 g/mol. The van der Waals surface area contributed by atoms with Crippen molar-refractivity contribution in [1.82, 2.24) is 15.1 Å². The van der Waals surface area contributed by atoms with Gasteiger partial charge in [0.1, 0.15) is 5.82 Å². The summed E-state index contributed by atoms with van der Waals surface area (Å²) in [6.45, 7) is 3.15. The van der Waals surface area contributed by atoms with Crippen molar-refractivity contribution in [2.24, 2.45) is 0 Å². The Hall–Kier alpha value is -1.11. The Morgan fingerprint density at radius 2 is 2.53 bits per heavy atom. The van der Waals surface area contributed by atoms with Crippen molar-refractivity contribution in [3.8, 4) is 0 Å². The number of aromatic nitrogens is 2. The molecule has 96 valence electrons. The van der Waals surface area contributed by atoms with E-state index in [0.717, 1.165) is 0 Å². The van der Waals surface area contributed by atoms with Crippen LogP contribution in [0.5, 0.6) is 0 Å². The molecule has 17 heavy (non-hydrogen) atoms. The number of amides is 1. The molecule has 0 aromatic carbocycles. The maximum atomic E-state index is 11.8. The molecule has 2 rings (SSSR count). The van der Waals surface area contributed by atoms with Crippen LogP contribution in [0.25, 0.3) is 0 Å². The van der Waals surface area contributed by atoms with Crippen molar-refractivity contribution in [3.05, 3.63) is 12.3 Å². The molecule has 2 atom stereocenters. The summed E-state index contributed by atoms with van der Waals surface area (Å²) in [5.74, 6) is 0.572. The molecule has 2 unspecified atom stereocenters. The number of hydrogen-bond donors (Lipinski definition) is 3. The molecule has 3 N–H and O–H groups in total. The zero-order valence-electron chi connectivity index (χ0n) is 9.59. The second kappa shape index (κ2) is 6.00. The van der Waals surface area contributed by atoms with Gasteiger partial charge in [-0.2, -0.15) is 5.10 Å². The fourth-order valence-corrected chi connectivity index (χ4v) is 1.82. The van der Waals surface area contributed by atoms with Crippen molar-refractivity contribution in [3.63, 3.8) is 0 Å². The molecule has 1 aliphatic rings. The van der Waals surface area contributed by atoms with E-state index in [-0.39, 0.29) is 24.4 Å². The van der Waals surface area contributed by atoms with Crippen molar-refractivity contribution in [2.45, 2.75) is 32.0 Å². The van der Waals surface area contributed by atoms with E-state index >= 15 is 0 Å². The smallest absolute Gasteiger partial charge is 0.242 e. The Morgan fingerprint density at radius 1 is 1.76 bits per heavy atom. The third kappa shape index (κ3) is 3.18. The minimum absolute atomic E-state index is 0. The molecule has 1 aliphatic heterocycles. The molecule has 7 heteroatoms. The molecular formula is C10H17ClN4O2. The summed E-state index contributed by atoms with van der Waals surface area (Å²) in [6, 6.07) is 1.45. The number of anilines is 1. The van der Waals surface area contributed by atoms with Gasteiger partial charge in [0.2, 0.25) is 5.91 Å². The molecule has 2 heterocycles. The second-order valence-corrected chi connectivity index (χ2v) is 3.87. The van der Waals surface area contributed by atoms with Gasteiger partial charge in [-0.1, -0.05) is 0 Å². The lowest BCUT2D eigenvalue weighted by molar-refractivity contribution is -0.118. The Balaban J connectivity index is 0.00000144. The molecule has 1 saturated heterocycles. The van der Waals surface area contributed by atoms with Gasteiger partial charge in [-0.25, -0.2) is 4.68 Å². The number of aliphatic hydroxyl groups excluding tert-OH is 1. The zero-order valence-corrected chi connectivity index (χ0v) is 10.4. The van der Waals surface area contributed by atoms with Gasteiger partial charge in [-0.15, -0.1) is 12.4 Å². The summed E-state index contributed by atoms with van der Waals surface area (Å²) < 4.78 is 1.71. The highest BCUT2D eigenvalue weighted by atomic mass is 35.5. The van der Waals surface area contributed by atoms with E-state index in [1.54, 1.807) is 16.9 Å². The van der Waals surface area contributed by atoms with Crippen LogP contribution in [0.2, 0.25) is 0 Å². The average Bonchev–Trinajstić information content (AvgIpc) is 2.86. The molecule has 0 spiro atoms. The van der Waals surface area contributed by atoms with Gasteiger partial charge in [-0.3, -0.25) is 4.79 Å². The van der Waals surface area contributed by atoms with Gasteiger partial charge in [0.25, 0.3) is 0 Å². The normalized spacial score (nSPS) is 23.2. The summed E-state index contributed by atoms with van der Waals surface area (Å²) in [7, 11) is 0. The second-order valence-electron chi connectivity index (χ2n) is 3.87. The predicted molar refractivity (Wildman–Crippen MR) is 66.2 cm³/mol. The molecule has 1 aromatic heterocycles. The molecule has 0 bridgehead atoms. The van der Waals surface area contributed by atoms with Gasteiger partial charge in [0.15, 0.2) is 0 Å². The van der Waals surface area contributed by atoms with Crippen LogP contribution >= 0.6 is 12.4 Å². The fourth-order valence-electron chi connectivity index (χ4n) is 1.82. The minimum Gasteiger partial charge on any atom is -0.392 e. The molecule has 6 nitrogen and oxygen atoms in total. The number of aliphatic hydroxyl groups is 1. The van der Waals surface area contributed by atoms with Crippen LogP contribution in [0.4, 0.5) is 5.82 Å². The van der Waals surface area contributed by atoms with E-state index in [1.807, 2.05) is 6.92 Å². The Kier molecular flexibility index (Phi) is 4.92. The van der Waals surface area contributed by atoms with E-state index in [4.69, 9.17) is 0 Å². The lowest BCUT2D eigenvalue weighted by Crippen LogP contribution is -2.36. The number of carbonyl (C=O) groups is 1. The Morgan fingerprint density at radius 3 is 3.12 bits per heavy atom. The van der Waals surface area contributed by atoms with E-state index in [2.05, 4.69) is 15.7 Å². The van der Waals surface area contributed by atoms with Gasteiger partial charge in [0.05, 0.1) is 18.3 Å². The highest BCUT2D eigenvalue weighted by molar-refractivity contribution is 5.94. The summed E-state index contributed by atoms with van der Waals surface area (Å²) in [6.07, 6.45) is 1.69. The quantitative estimate of drug-likeness (QED) is 0.714. The zero-order chi connectivity index (χ0) is 11.5. The largest absolute Gasteiger partial charge is 0.392 e. The first-order chi connectivity index (χ1) is 7.70. The minimum atomic E-state index is -0.424. The van der Waals surface area contributed by atoms with E-state index in [0.29, 0.717) is 25.3 Å². The number of rotatable bonds is 3. The number of nitrogens with one attached hydrogen (secondary N) is 2. The number of halogens is 1. The van der Waals surface area contributed by atoms with Crippen LogP contribution < -0.4 is 10.6 Å².